The van der Waals surface area contributed by atoms with E-state index in [1.54, 1.807) is 0 Å². The average molecular weight is 305 g/mol. The van der Waals surface area contributed by atoms with Gasteiger partial charge in [-0.2, -0.15) is 0 Å². The van der Waals surface area contributed by atoms with Gasteiger partial charge < -0.3 is 14.8 Å². The van der Waals surface area contributed by atoms with Crippen LogP contribution in [0, 0.1) is 0 Å². The highest BCUT2D eigenvalue weighted by atomic mass is 16.5. The number of hydrogen-bond acceptors (Lipinski definition) is 3. The minimum atomic E-state index is -0.0538. The maximum Gasteiger partial charge on any atom is 0.128 e. The van der Waals surface area contributed by atoms with Crippen LogP contribution in [0.25, 0.3) is 0 Å². The number of benzene rings is 1. The first-order valence-corrected chi connectivity index (χ1v) is 8.87. The summed E-state index contributed by atoms with van der Waals surface area (Å²) in [7, 11) is 0. The van der Waals surface area contributed by atoms with Gasteiger partial charge in [-0.25, -0.2) is 0 Å². The summed E-state index contributed by atoms with van der Waals surface area (Å²) >= 11 is 0. The van der Waals surface area contributed by atoms with Crippen LogP contribution in [0.3, 0.4) is 0 Å². The fraction of sp³-hybridized carbons (Fsp3) is 0.684. The maximum absolute atomic E-state index is 6.42. The van der Waals surface area contributed by atoms with Gasteiger partial charge in [-0.3, -0.25) is 0 Å². The van der Waals surface area contributed by atoms with Crippen molar-refractivity contribution in [2.24, 2.45) is 0 Å². The summed E-state index contributed by atoms with van der Waals surface area (Å²) in [5, 5.41) is 3.73. The molecule has 0 saturated carbocycles. The Balaban J connectivity index is 2.27. The fourth-order valence-electron chi connectivity index (χ4n) is 3.22. The molecule has 3 nitrogen and oxygen atoms in total. The molecule has 0 amide bonds. The van der Waals surface area contributed by atoms with Crippen molar-refractivity contribution in [1.29, 1.82) is 0 Å². The molecule has 22 heavy (non-hydrogen) atoms. The topological polar surface area (TPSA) is 30.5 Å². The van der Waals surface area contributed by atoms with Crippen LogP contribution in [0.4, 0.5) is 0 Å². The summed E-state index contributed by atoms with van der Waals surface area (Å²) < 4.78 is 12.1. The third-order valence-corrected chi connectivity index (χ3v) is 4.78. The van der Waals surface area contributed by atoms with Crippen LogP contribution in [0.5, 0.6) is 11.5 Å². The predicted molar refractivity (Wildman–Crippen MR) is 91.8 cm³/mol. The quantitative estimate of drug-likeness (QED) is 0.696. The number of fused-ring (bicyclic) bond motifs is 1. The van der Waals surface area contributed by atoms with Crippen molar-refractivity contribution in [3.05, 3.63) is 23.8 Å². The van der Waals surface area contributed by atoms with Crippen molar-refractivity contribution in [3.8, 4) is 11.5 Å². The Bertz CT molecular complexity index is 469. The summed E-state index contributed by atoms with van der Waals surface area (Å²) in [6.45, 7) is 10.4. The van der Waals surface area contributed by atoms with Gasteiger partial charge in [-0.05, 0) is 38.8 Å². The van der Waals surface area contributed by atoms with E-state index in [4.69, 9.17) is 9.47 Å². The Morgan fingerprint density at radius 1 is 1.23 bits per heavy atom. The van der Waals surface area contributed by atoms with Gasteiger partial charge in [0.15, 0.2) is 0 Å². The second kappa shape index (κ2) is 7.87. The number of unbranched alkanes of at least 4 members (excludes halogenated alkanes) is 1. The van der Waals surface area contributed by atoms with Crippen LogP contribution < -0.4 is 14.8 Å². The third-order valence-electron chi connectivity index (χ3n) is 4.78. The minimum absolute atomic E-state index is 0.0538. The van der Waals surface area contributed by atoms with Crippen molar-refractivity contribution in [1.82, 2.24) is 5.32 Å². The van der Waals surface area contributed by atoms with Crippen LogP contribution in [0.2, 0.25) is 0 Å². The monoisotopic (exact) mass is 305 g/mol. The molecule has 2 rings (SSSR count). The molecule has 0 aromatic heterocycles. The van der Waals surface area contributed by atoms with E-state index in [2.05, 4.69) is 44.3 Å². The largest absolute Gasteiger partial charge is 0.494 e. The lowest BCUT2D eigenvalue weighted by molar-refractivity contribution is 0.0225. The van der Waals surface area contributed by atoms with E-state index in [0.29, 0.717) is 12.6 Å². The van der Waals surface area contributed by atoms with Crippen LogP contribution in [0.1, 0.15) is 71.4 Å². The lowest BCUT2D eigenvalue weighted by Crippen LogP contribution is -2.43. The Morgan fingerprint density at radius 2 is 2.00 bits per heavy atom. The minimum Gasteiger partial charge on any atom is -0.494 e. The smallest absolute Gasteiger partial charge is 0.128 e. The number of nitrogens with one attached hydrogen (secondary N) is 1. The van der Waals surface area contributed by atoms with Gasteiger partial charge in [0, 0.05) is 24.1 Å². The van der Waals surface area contributed by atoms with Gasteiger partial charge >= 0.3 is 0 Å². The highest BCUT2D eigenvalue weighted by Crippen LogP contribution is 2.44. The predicted octanol–water partition coefficient (Wildman–Crippen LogP) is 4.86. The zero-order valence-corrected chi connectivity index (χ0v) is 14.6. The molecule has 3 heteroatoms. The first-order chi connectivity index (χ1) is 10.7. The molecule has 1 aliphatic heterocycles. The molecule has 1 aromatic carbocycles. The molecule has 124 valence electrons. The fourth-order valence-corrected chi connectivity index (χ4v) is 3.22. The van der Waals surface area contributed by atoms with Crippen molar-refractivity contribution in [2.45, 2.75) is 71.4 Å². The number of ether oxygens (including phenoxy) is 2. The highest BCUT2D eigenvalue weighted by Gasteiger charge is 2.38. The summed E-state index contributed by atoms with van der Waals surface area (Å²) in [6.07, 6.45) is 5.56. The van der Waals surface area contributed by atoms with Gasteiger partial charge in [0.05, 0.1) is 6.61 Å². The Hall–Kier alpha value is -1.22. The summed E-state index contributed by atoms with van der Waals surface area (Å²) in [6, 6.07) is 6.67. The first kappa shape index (κ1) is 17.1. The molecule has 1 heterocycles. The molecule has 0 radical (unpaired) electrons. The van der Waals surface area contributed by atoms with Gasteiger partial charge in [-0.15, -0.1) is 0 Å². The van der Waals surface area contributed by atoms with Crippen molar-refractivity contribution < 1.29 is 9.47 Å². The molecule has 0 bridgehead atoms. The molecule has 0 saturated heterocycles. The van der Waals surface area contributed by atoms with Crippen LogP contribution in [-0.2, 0) is 0 Å². The maximum atomic E-state index is 6.42. The van der Waals surface area contributed by atoms with Gasteiger partial charge in [0.25, 0.3) is 0 Å². The zero-order valence-electron chi connectivity index (χ0n) is 14.6. The molecule has 0 aliphatic carbocycles. The van der Waals surface area contributed by atoms with Crippen molar-refractivity contribution in [2.75, 3.05) is 13.2 Å². The molecular formula is C19H31NO2. The molecule has 1 aliphatic rings. The average Bonchev–Trinajstić information content (AvgIpc) is 2.54. The zero-order chi connectivity index (χ0) is 16.0. The molecule has 1 unspecified atom stereocenters. The number of hydrogen-bond donors (Lipinski definition) is 1. The van der Waals surface area contributed by atoms with E-state index in [1.165, 1.54) is 18.4 Å². The van der Waals surface area contributed by atoms with E-state index < -0.39 is 0 Å². The number of rotatable bonds is 8. The normalized spacial score (nSPS) is 19.4. The Labute approximate surface area is 135 Å². The molecular weight excluding hydrogens is 274 g/mol. The van der Waals surface area contributed by atoms with Gasteiger partial charge in [0.2, 0.25) is 0 Å². The second-order valence-electron chi connectivity index (χ2n) is 6.19. The molecule has 1 N–H and O–H groups in total. The van der Waals surface area contributed by atoms with Crippen molar-refractivity contribution >= 4 is 0 Å². The van der Waals surface area contributed by atoms with E-state index in [-0.39, 0.29) is 5.60 Å². The molecule has 0 spiro atoms. The molecule has 0 fully saturated rings. The van der Waals surface area contributed by atoms with Crippen molar-refractivity contribution in [3.63, 3.8) is 0 Å². The first-order valence-electron chi connectivity index (χ1n) is 8.87. The van der Waals surface area contributed by atoms with E-state index >= 15 is 0 Å². The van der Waals surface area contributed by atoms with Gasteiger partial charge in [-0.1, -0.05) is 33.3 Å². The summed E-state index contributed by atoms with van der Waals surface area (Å²) in [5.41, 5.74) is 1.22. The van der Waals surface area contributed by atoms with Gasteiger partial charge in [0.1, 0.15) is 17.1 Å². The van der Waals surface area contributed by atoms with E-state index in [1.807, 2.05) is 6.92 Å². The standard InChI is InChI=1S/C19H31NO2/c1-5-9-12-20-17-14-19(6-2,7-3)22-18-13-15(21-8-4)10-11-16(17)18/h10-11,13,17,20H,5-9,12,14H2,1-4H3. The van der Waals surface area contributed by atoms with Crippen LogP contribution in [0.15, 0.2) is 18.2 Å². The Kier molecular flexibility index (Phi) is 6.13. The summed E-state index contributed by atoms with van der Waals surface area (Å²) in [5.74, 6) is 1.89. The highest BCUT2D eigenvalue weighted by molar-refractivity contribution is 5.44. The second-order valence-corrected chi connectivity index (χ2v) is 6.19. The Morgan fingerprint density at radius 3 is 2.64 bits per heavy atom. The lowest BCUT2D eigenvalue weighted by Gasteiger charge is -2.42. The van der Waals surface area contributed by atoms with Crippen LogP contribution in [-0.4, -0.2) is 18.8 Å². The summed E-state index contributed by atoms with van der Waals surface area (Å²) in [4.78, 5) is 0. The lowest BCUT2D eigenvalue weighted by atomic mass is 9.83. The SMILES string of the molecule is CCCCNC1CC(CC)(CC)Oc2cc(OCC)ccc21. The molecule has 1 aromatic rings. The molecule has 1 atom stereocenters. The van der Waals surface area contributed by atoms with E-state index in [0.717, 1.165) is 37.3 Å². The third kappa shape index (κ3) is 3.75. The van der Waals surface area contributed by atoms with Crippen LogP contribution >= 0.6 is 0 Å². The van der Waals surface area contributed by atoms with E-state index in [9.17, 15) is 0 Å².